The van der Waals surface area contributed by atoms with Gasteiger partial charge >= 0.3 is 0 Å². The highest BCUT2D eigenvalue weighted by molar-refractivity contribution is 7.11. The van der Waals surface area contributed by atoms with Gasteiger partial charge in [-0.2, -0.15) is 0 Å². The zero-order valence-electron chi connectivity index (χ0n) is 11.9. The fraction of sp³-hybridized carbons (Fsp3) is 0.312. The molecular formula is C16H18ClNOS. The van der Waals surface area contributed by atoms with Crippen LogP contribution in [-0.2, 0) is 11.3 Å². The molecule has 1 heterocycles. The quantitative estimate of drug-likeness (QED) is 0.764. The number of halogens is 1. The third-order valence-electron chi connectivity index (χ3n) is 3.23. The van der Waals surface area contributed by atoms with Gasteiger partial charge in [-0.25, -0.2) is 0 Å². The van der Waals surface area contributed by atoms with Gasteiger partial charge in [-0.1, -0.05) is 18.2 Å². The van der Waals surface area contributed by atoms with E-state index in [0.717, 1.165) is 16.8 Å². The Morgan fingerprint density at radius 1 is 1.15 bits per heavy atom. The summed E-state index contributed by atoms with van der Waals surface area (Å²) in [6.07, 6.45) is 0. The number of thiophene rings is 1. The molecule has 2 nitrogen and oxygen atoms in total. The van der Waals surface area contributed by atoms with Crippen LogP contribution in [-0.4, -0.2) is 11.8 Å². The molecule has 1 amide bonds. The molecule has 0 saturated heterocycles. The Morgan fingerprint density at radius 3 is 2.30 bits per heavy atom. The maximum Gasteiger partial charge on any atom is 0.242 e. The molecule has 4 heteroatoms. The number of amides is 1. The number of nitrogens with zero attached hydrogens (tertiary/aromatic N) is 1. The lowest BCUT2D eigenvalue weighted by molar-refractivity contribution is -0.116. The van der Waals surface area contributed by atoms with Crippen LogP contribution in [0.5, 0.6) is 0 Å². The molecule has 0 N–H and O–H groups in total. The van der Waals surface area contributed by atoms with Crippen molar-refractivity contribution in [1.29, 1.82) is 0 Å². The number of alkyl halides is 1. The lowest BCUT2D eigenvalue weighted by atomic mass is 10.1. The molecule has 2 rings (SSSR count). The van der Waals surface area contributed by atoms with Crippen molar-refractivity contribution < 1.29 is 4.79 Å². The third-order valence-corrected chi connectivity index (χ3v) is 4.45. The number of benzene rings is 1. The van der Waals surface area contributed by atoms with E-state index in [1.165, 1.54) is 9.75 Å². The Kier molecular flexibility index (Phi) is 4.84. The van der Waals surface area contributed by atoms with Gasteiger partial charge in [0.2, 0.25) is 5.91 Å². The smallest absolute Gasteiger partial charge is 0.242 e. The number of carbonyl (C=O) groups excluding carboxylic acids is 1. The van der Waals surface area contributed by atoms with E-state index in [9.17, 15) is 4.79 Å². The van der Waals surface area contributed by atoms with Gasteiger partial charge < -0.3 is 4.90 Å². The minimum absolute atomic E-state index is 0.00185. The second kappa shape index (κ2) is 6.42. The van der Waals surface area contributed by atoms with Crippen molar-refractivity contribution in [3.05, 3.63) is 51.2 Å². The number of para-hydroxylation sites is 1. The van der Waals surface area contributed by atoms with Crippen molar-refractivity contribution in [1.82, 2.24) is 0 Å². The summed E-state index contributed by atoms with van der Waals surface area (Å²) in [5.41, 5.74) is 3.16. The lowest BCUT2D eigenvalue weighted by Crippen LogP contribution is -2.32. The molecule has 0 saturated carbocycles. The van der Waals surface area contributed by atoms with E-state index in [0.29, 0.717) is 6.54 Å². The second-order valence-electron chi connectivity index (χ2n) is 4.87. The van der Waals surface area contributed by atoms with E-state index in [1.54, 1.807) is 16.2 Å². The van der Waals surface area contributed by atoms with Crippen molar-refractivity contribution >= 4 is 34.5 Å². The number of anilines is 1. The van der Waals surface area contributed by atoms with Crippen LogP contribution >= 0.6 is 22.9 Å². The molecule has 0 spiro atoms. The predicted molar refractivity (Wildman–Crippen MR) is 86.9 cm³/mol. The Bertz CT molecular complexity index is 600. The van der Waals surface area contributed by atoms with E-state index in [-0.39, 0.29) is 11.8 Å². The number of hydrogen-bond donors (Lipinski definition) is 0. The standard InChI is InChI=1S/C16H18ClNOS/c1-11-5-4-6-12(2)16(11)18(15(19)9-17)10-14-8-7-13(3)20-14/h4-8H,9-10H2,1-3H3. The van der Waals surface area contributed by atoms with E-state index < -0.39 is 0 Å². The van der Waals surface area contributed by atoms with Crippen LogP contribution < -0.4 is 4.90 Å². The molecule has 20 heavy (non-hydrogen) atoms. The first kappa shape index (κ1) is 15.1. The maximum absolute atomic E-state index is 12.2. The molecule has 0 aliphatic rings. The Hall–Kier alpha value is -1.32. The van der Waals surface area contributed by atoms with Crippen molar-refractivity contribution in [2.24, 2.45) is 0 Å². The van der Waals surface area contributed by atoms with Gasteiger partial charge in [0, 0.05) is 15.4 Å². The molecule has 0 unspecified atom stereocenters. The number of hydrogen-bond acceptors (Lipinski definition) is 2. The highest BCUT2D eigenvalue weighted by Crippen LogP contribution is 2.28. The maximum atomic E-state index is 12.2. The number of rotatable bonds is 4. The zero-order valence-corrected chi connectivity index (χ0v) is 13.5. The van der Waals surface area contributed by atoms with Gasteiger partial charge in [-0.05, 0) is 44.0 Å². The highest BCUT2D eigenvalue weighted by atomic mass is 35.5. The van der Waals surface area contributed by atoms with Crippen LogP contribution in [0.3, 0.4) is 0 Å². The molecule has 0 aliphatic carbocycles. The van der Waals surface area contributed by atoms with Crippen LogP contribution in [0.15, 0.2) is 30.3 Å². The molecule has 0 fully saturated rings. The number of carbonyl (C=O) groups is 1. The Balaban J connectivity index is 2.40. The number of aryl methyl sites for hydroxylation is 3. The zero-order chi connectivity index (χ0) is 14.7. The Labute approximate surface area is 129 Å². The molecule has 0 bridgehead atoms. The summed E-state index contributed by atoms with van der Waals surface area (Å²) in [5.74, 6) is -0.0619. The largest absolute Gasteiger partial charge is 0.306 e. The summed E-state index contributed by atoms with van der Waals surface area (Å²) in [5, 5.41) is 0. The third kappa shape index (κ3) is 3.22. The van der Waals surface area contributed by atoms with Crippen molar-refractivity contribution in [3.8, 4) is 0 Å². The topological polar surface area (TPSA) is 20.3 Å². The molecular weight excluding hydrogens is 290 g/mol. The first-order valence-electron chi connectivity index (χ1n) is 6.50. The van der Waals surface area contributed by atoms with Gasteiger partial charge in [-0.15, -0.1) is 22.9 Å². The van der Waals surface area contributed by atoms with Crippen LogP contribution in [0.25, 0.3) is 0 Å². The molecule has 0 aliphatic heterocycles. The van der Waals surface area contributed by atoms with Crippen molar-refractivity contribution in [2.75, 3.05) is 10.8 Å². The molecule has 1 aromatic heterocycles. The summed E-state index contributed by atoms with van der Waals surface area (Å²) in [4.78, 5) is 16.4. The van der Waals surface area contributed by atoms with Crippen LogP contribution in [0, 0.1) is 20.8 Å². The minimum Gasteiger partial charge on any atom is -0.306 e. The van der Waals surface area contributed by atoms with E-state index in [4.69, 9.17) is 11.6 Å². The summed E-state index contributed by atoms with van der Waals surface area (Å²) >= 11 is 7.50. The molecule has 106 valence electrons. The Morgan fingerprint density at radius 2 is 1.80 bits per heavy atom. The van der Waals surface area contributed by atoms with E-state index in [2.05, 4.69) is 19.1 Å². The van der Waals surface area contributed by atoms with Crippen LogP contribution in [0.2, 0.25) is 0 Å². The van der Waals surface area contributed by atoms with E-state index in [1.807, 2.05) is 32.0 Å². The normalized spacial score (nSPS) is 10.6. The molecule has 0 atom stereocenters. The second-order valence-corrected chi connectivity index (χ2v) is 6.51. The average Bonchev–Trinajstić information content (AvgIpc) is 2.82. The fourth-order valence-electron chi connectivity index (χ4n) is 2.32. The van der Waals surface area contributed by atoms with Gasteiger partial charge in [0.1, 0.15) is 5.88 Å². The van der Waals surface area contributed by atoms with Gasteiger partial charge in [0.05, 0.1) is 6.54 Å². The first-order chi connectivity index (χ1) is 9.52. The lowest BCUT2D eigenvalue weighted by Gasteiger charge is -2.25. The van der Waals surface area contributed by atoms with Gasteiger partial charge in [0.15, 0.2) is 0 Å². The fourth-order valence-corrected chi connectivity index (χ4v) is 3.35. The van der Waals surface area contributed by atoms with Crippen molar-refractivity contribution in [2.45, 2.75) is 27.3 Å². The summed E-state index contributed by atoms with van der Waals surface area (Å²) < 4.78 is 0. The first-order valence-corrected chi connectivity index (χ1v) is 7.86. The summed E-state index contributed by atoms with van der Waals surface area (Å²) in [6, 6.07) is 10.2. The van der Waals surface area contributed by atoms with Crippen LogP contribution in [0.1, 0.15) is 20.9 Å². The molecule has 0 radical (unpaired) electrons. The molecule has 2 aromatic rings. The van der Waals surface area contributed by atoms with Gasteiger partial charge in [-0.3, -0.25) is 4.79 Å². The summed E-state index contributed by atoms with van der Waals surface area (Å²) in [6.45, 7) is 6.70. The van der Waals surface area contributed by atoms with Gasteiger partial charge in [0.25, 0.3) is 0 Å². The highest BCUT2D eigenvalue weighted by Gasteiger charge is 2.19. The average molecular weight is 308 g/mol. The minimum atomic E-state index is -0.0601. The van der Waals surface area contributed by atoms with Crippen LogP contribution in [0.4, 0.5) is 5.69 Å². The SMILES string of the molecule is Cc1ccc(CN(C(=O)CCl)c2c(C)cccc2C)s1. The summed E-state index contributed by atoms with van der Waals surface area (Å²) in [7, 11) is 0. The monoisotopic (exact) mass is 307 g/mol. The molecule has 1 aromatic carbocycles. The van der Waals surface area contributed by atoms with E-state index >= 15 is 0 Å². The van der Waals surface area contributed by atoms with Crippen molar-refractivity contribution in [3.63, 3.8) is 0 Å². The predicted octanol–water partition coefficient (Wildman–Crippen LogP) is 4.45.